The number of halogens is 3. The van der Waals surface area contributed by atoms with Gasteiger partial charge in [-0.25, -0.2) is 4.39 Å². The maximum Gasteiger partial charge on any atom is 0.130 e. The molecule has 0 aromatic heterocycles. The molecule has 1 nitrogen and oxygen atoms in total. The predicted molar refractivity (Wildman–Crippen MR) is 79.1 cm³/mol. The van der Waals surface area contributed by atoms with Crippen LogP contribution in [0.3, 0.4) is 0 Å². The number of benzene rings is 2. The van der Waals surface area contributed by atoms with E-state index in [1.54, 1.807) is 6.07 Å². The van der Waals surface area contributed by atoms with Gasteiger partial charge in [0.05, 0.1) is 5.02 Å². The second kappa shape index (κ2) is 5.61. The Balaban J connectivity index is 2.53. The molecule has 2 aromatic carbocycles. The summed E-state index contributed by atoms with van der Waals surface area (Å²) in [4.78, 5) is 0. The Hall–Kier alpha value is -0.900. The third-order valence-electron chi connectivity index (χ3n) is 3.28. The average Bonchev–Trinajstić information content (AvgIpc) is 2.36. The van der Waals surface area contributed by atoms with Gasteiger partial charge in [-0.2, -0.15) is 0 Å². The zero-order chi connectivity index (χ0) is 14.2. The van der Waals surface area contributed by atoms with Crippen LogP contribution in [0.4, 0.5) is 4.39 Å². The average molecular weight is 344 g/mol. The van der Waals surface area contributed by atoms with Crippen LogP contribution < -0.4 is 0 Å². The van der Waals surface area contributed by atoms with Crippen LogP contribution in [0.1, 0.15) is 28.4 Å². The van der Waals surface area contributed by atoms with Crippen molar-refractivity contribution in [3.63, 3.8) is 0 Å². The first-order valence-corrected chi connectivity index (χ1v) is 6.97. The summed E-state index contributed by atoms with van der Waals surface area (Å²) in [6.07, 6.45) is -1.02. The monoisotopic (exact) mass is 342 g/mol. The zero-order valence-electron chi connectivity index (χ0n) is 10.5. The van der Waals surface area contributed by atoms with Gasteiger partial charge in [0.15, 0.2) is 0 Å². The fraction of sp³-hybridized carbons (Fsp3) is 0.200. The van der Waals surface area contributed by atoms with Crippen LogP contribution in [0.25, 0.3) is 0 Å². The Labute approximate surface area is 125 Å². The van der Waals surface area contributed by atoms with E-state index in [2.05, 4.69) is 15.9 Å². The minimum atomic E-state index is -1.02. The molecule has 4 heteroatoms. The molecule has 0 fully saturated rings. The molecule has 100 valence electrons. The van der Waals surface area contributed by atoms with Gasteiger partial charge in [-0.1, -0.05) is 29.8 Å². The molecule has 0 saturated carbocycles. The maximum absolute atomic E-state index is 14.0. The molecule has 2 aromatic rings. The van der Waals surface area contributed by atoms with Crippen molar-refractivity contribution in [2.24, 2.45) is 0 Å². The van der Waals surface area contributed by atoms with Gasteiger partial charge >= 0.3 is 0 Å². The van der Waals surface area contributed by atoms with Gasteiger partial charge in [0.1, 0.15) is 11.9 Å². The van der Waals surface area contributed by atoms with E-state index in [-0.39, 0.29) is 5.56 Å². The molecule has 0 heterocycles. The first kappa shape index (κ1) is 14.5. The molecular formula is C15H13BrClFO. The van der Waals surface area contributed by atoms with Crippen molar-refractivity contribution in [1.29, 1.82) is 0 Å². The summed E-state index contributed by atoms with van der Waals surface area (Å²) in [6.45, 7) is 3.86. The van der Waals surface area contributed by atoms with Crippen LogP contribution >= 0.6 is 27.5 Å². The Kier molecular flexibility index (Phi) is 4.29. The fourth-order valence-corrected chi connectivity index (χ4v) is 2.47. The molecule has 0 amide bonds. The predicted octanol–water partition coefficient (Wildman–Crippen LogP) is 4.94. The van der Waals surface area contributed by atoms with Crippen molar-refractivity contribution < 1.29 is 9.50 Å². The SMILES string of the molecule is Cc1cccc(C(O)c2cc(Cl)c(Br)cc2F)c1C. The third kappa shape index (κ3) is 2.83. The molecule has 1 N–H and O–H groups in total. The highest BCUT2D eigenvalue weighted by atomic mass is 79.9. The molecule has 19 heavy (non-hydrogen) atoms. The minimum absolute atomic E-state index is 0.182. The van der Waals surface area contributed by atoms with Crippen molar-refractivity contribution in [3.05, 3.63) is 67.9 Å². The largest absolute Gasteiger partial charge is 0.384 e. The highest BCUT2D eigenvalue weighted by molar-refractivity contribution is 9.10. The summed E-state index contributed by atoms with van der Waals surface area (Å²) in [5, 5.41) is 10.8. The quantitative estimate of drug-likeness (QED) is 0.766. The molecule has 2 rings (SSSR count). The Bertz CT molecular complexity index is 628. The van der Waals surface area contributed by atoms with Crippen molar-refractivity contribution in [2.45, 2.75) is 20.0 Å². The van der Waals surface area contributed by atoms with E-state index in [9.17, 15) is 9.50 Å². The standard InChI is InChI=1S/C15H13BrClFO/c1-8-4-3-5-10(9(8)2)15(19)11-6-13(17)12(16)7-14(11)18/h3-7,15,19H,1-2H3. The fourth-order valence-electron chi connectivity index (χ4n) is 1.99. The molecule has 1 unspecified atom stereocenters. The lowest BCUT2D eigenvalue weighted by atomic mass is 9.94. The summed E-state index contributed by atoms with van der Waals surface area (Å²) in [5.41, 5.74) is 2.88. The second-order valence-electron chi connectivity index (χ2n) is 4.48. The molecule has 0 bridgehead atoms. The van der Waals surface area contributed by atoms with Crippen molar-refractivity contribution in [1.82, 2.24) is 0 Å². The van der Waals surface area contributed by atoms with Gasteiger partial charge < -0.3 is 5.11 Å². The first-order valence-electron chi connectivity index (χ1n) is 5.80. The molecular weight excluding hydrogens is 331 g/mol. The molecule has 0 aliphatic carbocycles. The van der Waals surface area contributed by atoms with E-state index in [1.807, 2.05) is 26.0 Å². The molecule has 0 aliphatic rings. The summed E-state index contributed by atoms with van der Waals surface area (Å²) in [5.74, 6) is -0.482. The lowest BCUT2D eigenvalue weighted by Crippen LogP contribution is -2.05. The number of aliphatic hydroxyl groups is 1. The van der Waals surface area contributed by atoms with Crippen molar-refractivity contribution >= 4 is 27.5 Å². The minimum Gasteiger partial charge on any atom is -0.384 e. The molecule has 0 radical (unpaired) electrons. The maximum atomic E-state index is 14.0. The highest BCUT2D eigenvalue weighted by Gasteiger charge is 2.19. The van der Waals surface area contributed by atoms with E-state index >= 15 is 0 Å². The normalized spacial score (nSPS) is 12.5. The molecule has 0 spiro atoms. The third-order valence-corrected chi connectivity index (χ3v) is 4.47. The van der Waals surface area contributed by atoms with E-state index < -0.39 is 11.9 Å². The molecule has 0 aliphatic heterocycles. The number of rotatable bonds is 2. The van der Waals surface area contributed by atoms with Crippen molar-refractivity contribution in [2.75, 3.05) is 0 Å². The van der Waals surface area contributed by atoms with E-state index in [0.29, 0.717) is 15.1 Å². The van der Waals surface area contributed by atoms with Crippen LogP contribution in [-0.2, 0) is 0 Å². The molecule has 1 atom stereocenters. The van der Waals surface area contributed by atoms with Gasteiger partial charge in [0, 0.05) is 10.0 Å². The number of aliphatic hydroxyl groups excluding tert-OH is 1. The number of hydrogen-bond donors (Lipinski definition) is 1. The lowest BCUT2D eigenvalue weighted by molar-refractivity contribution is 0.214. The van der Waals surface area contributed by atoms with Gasteiger partial charge in [0.25, 0.3) is 0 Å². The first-order chi connectivity index (χ1) is 8.91. The Morgan fingerprint density at radius 3 is 2.58 bits per heavy atom. The van der Waals surface area contributed by atoms with Gasteiger partial charge in [-0.3, -0.25) is 0 Å². The van der Waals surface area contributed by atoms with E-state index in [1.165, 1.54) is 12.1 Å². The summed E-state index contributed by atoms with van der Waals surface area (Å²) in [7, 11) is 0. The van der Waals surface area contributed by atoms with Crippen LogP contribution in [0.2, 0.25) is 5.02 Å². The Morgan fingerprint density at radius 1 is 1.21 bits per heavy atom. The smallest absolute Gasteiger partial charge is 0.130 e. The summed E-state index contributed by atoms with van der Waals surface area (Å²) >= 11 is 9.12. The van der Waals surface area contributed by atoms with Crippen LogP contribution in [0.15, 0.2) is 34.8 Å². The van der Waals surface area contributed by atoms with E-state index in [0.717, 1.165) is 11.1 Å². The highest BCUT2D eigenvalue weighted by Crippen LogP contribution is 2.33. The number of hydrogen-bond acceptors (Lipinski definition) is 1. The topological polar surface area (TPSA) is 20.2 Å². The van der Waals surface area contributed by atoms with Crippen LogP contribution in [-0.4, -0.2) is 5.11 Å². The zero-order valence-corrected chi connectivity index (χ0v) is 12.9. The van der Waals surface area contributed by atoms with Crippen LogP contribution in [0, 0.1) is 19.7 Å². The second-order valence-corrected chi connectivity index (χ2v) is 5.74. The van der Waals surface area contributed by atoms with E-state index in [4.69, 9.17) is 11.6 Å². The lowest BCUT2D eigenvalue weighted by Gasteiger charge is -2.17. The summed E-state index contributed by atoms with van der Waals surface area (Å²) < 4.78 is 14.4. The Morgan fingerprint density at radius 2 is 1.89 bits per heavy atom. The number of aryl methyl sites for hydroxylation is 1. The van der Waals surface area contributed by atoms with Crippen LogP contribution in [0.5, 0.6) is 0 Å². The molecule has 0 saturated heterocycles. The summed E-state index contributed by atoms with van der Waals surface area (Å²) in [6, 6.07) is 8.32. The van der Waals surface area contributed by atoms with Gasteiger partial charge in [-0.15, -0.1) is 0 Å². The van der Waals surface area contributed by atoms with Gasteiger partial charge in [0.2, 0.25) is 0 Å². The van der Waals surface area contributed by atoms with Gasteiger partial charge in [-0.05, 0) is 58.6 Å². The van der Waals surface area contributed by atoms with Crippen molar-refractivity contribution in [3.8, 4) is 0 Å².